The molecule has 8 nitrogen and oxygen atoms in total. The zero-order valence-corrected chi connectivity index (χ0v) is 15.3. The standard InChI is InChI=1S/C20H20N2O6/c1-3-4-11(18(21)22-2)20(24)28-17-12-7-16-15(26-9-27-16)6-10(12)5-13-14(17)8-25-19(13)23/h3-4,6-7,13-14,17H,1,5,8-9H2,2H3,(H2,21,22)/b11-4+/t13-,14?,17?/m1/s1. The maximum absolute atomic E-state index is 12.8. The Morgan fingerprint density at radius 3 is 2.79 bits per heavy atom. The number of hydrogen-bond acceptors (Lipinski definition) is 7. The maximum Gasteiger partial charge on any atom is 0.342 e. The van der Waals surface area contributed by atoms with Gasteiger partial charge in [-0.25, -0.2) is 4.79 Å². The monoisotopic (exact) mass is 384 g/mol. The second-order valence-electron chi connectivity index (χ2n) is 6.76. The average molecular weight is 384 g/mol. The summed E-state index contributed by atoms with van der Waals surface area (Å²) in [7, 11) is 1.48. The van der Waals surface area contributed by atoms with E-state index in [2.05, 4.69) is 11.6 Å². The Kier molecular flexibility index (Phi) is 4.54. The van der Waals surface area contributed by atoms with Gasteiger partial charge in [0.1, 0.15) is 17.5 Å². The first-order valence-corrected chi connectivity index (χ1v) is 8.88. The van der Waals surface area contributed by atoms with Crippen LogP contribution in [0.2, 0.25) is 0 Å². The molecule has 0 bridgehead atoms. The molecule has 4 rings (SSSR count). The fraction of sp³-hybridized carbons (Fsp3) is 0.350. The average Bonchev–Trinajstić information content (AvgIpc) is 3.30. The molecule has 3 atom stereocenters. The van der Waals surface area contributed by atoms with Crippen molar-refractivity contribution in [1.82, 2.24) is 0 Å². The van der Waals surface area contributed by atoms with Gasteiger partial charge in [0, 0.05) is 18.5 Å². The molecule has 0 radical (unpaired) electrons. The predicted octanol–water partition coefficient (Wildman–Crippen LogP) is 1.44. The molecule has 8 heteroatoms. The number of nitrogens with two attached hydrogens (primary N) is 1. The predicted molar refractivity (Wildman–Crippen MR) is 98.9 cm³/mol. The summed E-state index contributed by atoms with van der Waals surface area (Å²) < 4.78 is 22.0. The third-order valence-electron chi connectivity index (χ3n) is 5.26. The van der Waals surface area contributed by atoms with Crippen LogP contribution in [0.4, 0.5) is 0 Å². The molecule has 0 amide bonds. The summed E-state index contributed by atoms with van der Waals surface area (Å²) in [6, 6.07) is 3.64. The van der Waals surface area contributed by atoms with E-state index >= 15 is 0 Å². The van der Waals surface area contributed by atoms with Crippen molar-refractivity contribution < 1.29 is 28.5 Å². The van der Waals surface area contributed by atoms with E-state index in [4.69, 9.17) is 24.7 Å². The van der Waals surface area contributed by atoms with Crippen LogP contribution in [0.1, 0.15) is 17.2 Å². The number of esters is 2. The van der Waals surface area contributed by atoms with Gasteiger partial charge in [0.25, 0.3) is 0 Å². The number of amidine groups is 1. The van der Waals surface area contributed by atoms with Gasteiger partial charge in [-0.05, 0) is 30.2 Å². The number of fused-ring (bicyclic) bond motifs is 3. The Labute approximate surface area is 161 Å². The topological polar surface area (TPSA) is 109 Å². The quantitative estimate of drug-likeness (QED) is 0.275. The van der Waals surface area contributed by atoms with Gasteiger partial charge in [0.05, 0.1) is 12.5 Å². The lowest BCUT2D eigenvalue weighted by Crippen LogP contribution is -2.34. The minimum atomic E-state index is -0.680. The van der Waals surface area contributed by atoms with E-state index in [0.717, 1.165) is 11.1 Å². The van der Waals surface area contributed by atoms with E-state index in [-0.39, 0.29) is 42.6 Å². The molecule has 2 heterocycles. The van der Waals surface area contributed by atoms with Crippen LogP contribution in [-0.4, -0.2) is 38.2 Å². The number of nitrogens with zero attached hydrogens (tertiary/aromatic N) is 1. The minimum Gasteiger partial charge on any atom is -0.465 e. The number of hydrogen-bond donors (Lipinski definition) is 1. The zero-order chi connectivity index (χ0) is 19.8. The van der Waals surface area contributed by atoms with Crippen molar-refractivity contribution in [2.75, 3.05) is 20.4 Å². The van der Waals surface area contributed by atoms with Crippen LogP contribution in [0, 0.1) is 11.8 Å². The van der Waals surface area contributed by atoms with Crippen molar-refractivity contribution in [3.05, 3.63) is 47.6 Å². The molecule has 1 aromatic rings. The van der Waals surface area contributed by atoms with Crippen molar-refractivity contribution in [2.24, 2.45) is 22.6 Å². The number of cyclic esters (lactones) is 1. The summed E-state index contributed by atoms with van der Waals surface area (Å²) in [4.78, 5) is 28.9. The van der Waals surface area contributed by atoms with Gasteiger partial charge in [0.15, 0.2) is 11.5 Å². The highest BCUT2D eigenvalue weighted by atomic mass is 16.7. The highest BCUT2D eigenvalue weighted by molar-refractivity contribution is 6.18. The Morgan fingerprint density at radius 2 is 2.07 bits per heavy atom. The van der Waals surface area contributed by atoms with E-state index in [1.165, 1.54) is 19.2 Å². The van der Waals surface area contributed by atoms with E-state index < -0.39 is 12.1 Å². The van der Waals surface area contributed by atoms with Crippen LogP contribution in [0.25, 0.3) is 0 Å². The summed E-state index contributed by atoms with van der Waals surface area (Å²) in [5, 5.41) is 0. The molecule has 1 fully saturated rings. The van der Waals surface area contributed by atoms with Crippen molar-refractivity contribution >= 4 is 17.8 Å². The van der Waals surface area contributed by atoms with Gasteiger partial charge in [-0.1, -0.05) is 12.7 Å². The fourth-order valence-electron chi connectivity index (χ4n) is 3.84. The Balaban J connectivity index is 1.72. The van der Waals surface area contributed by atoms with Gasteiger partial charge >= 0.3 is 11.9 Å². The lowest BCUT2D eigenvalue weighted by molar-refractivity contribution is -0.149. The fourth-order valence-corrected chi connectivity index (χ4v) is 3.84. The van der Waals surface area contributed by atoms with Crippen LogP contribution in [-0.2, 0) is 25.5 Å². The van der Waals surface area contributed by atoms with E-state index in [9.17, 15) is 9.59 Å². The van der Waals surface area contributed by atoms with Gasteiger partial charge in [-0.3, -0.25) is 9.79 Å². The summed E-state index contributed by atoms with van der Waals surface area (Å²) in [5.41, 5.74) is 7.58. The van der Waals surface area contributed by atoms with E-state index in [1.54, 1.807) is 0 Å². The molecular weight excluding hydrogens is 364 g/mol. The molecule has 2 N–H and O–H groups in total. The largest absolute Gasteiger partial charge is 0.465 e. The van der Waals surface area contributed by atoms with Crippen molar-refractivity contribution in [3.63, 3.8) is 0 Å². The third kappa shape index (κ3) is 2.90. The summed E-state index contributed by atoms with van der Waals surface area (Å²) in [6.45, 7) is 3.91. The molecule has 1 aromatic carbocycles. The van der Waals surface area contributed by atoms with Crippen LogP contribution in [0.3, 0.4) is 0 Å². The second kappa shape index (κ2) is 7.03. The van der Waals surface area contributed by atoms with Gasteiger partial charge in [-0.2, -0.15) is 0 Å². The number of rotatable bonds is 4. The smallest absolute Gasteiger partial charge is 0.342 e. The Bertz CT molecular complexity index is 920. The van der Waals surface area contributed by atoms with Crippen LogP contribution in [0.5, 0.6) is 11.5 Å². The van der Waals surface area contributed by atoms with Gasteiger partial charge in [0.2, 0.25) is 6.79 Å². The first-order valence-electron chi connectivity index (χ1n) is 8.88. The number of benzene rings is 1. The number of allylic oxidation sites excluding steroid dienone is 2. The maximum atomic E-state index is 12.8. The third-order valence-corrected chi connectivity index (χ3v) is 5.26. The van der Waals surface area contributed by atoms with Crippen molar-refractivity contribution in [3.8, 4) is 11.5 Å². The number of ether oxygens (including phenoxy) is 4. The van der Waals surface area contributed by atoms with Crippen molar-refractivity contribution in [1.29, 1.82) is 0 Å². The molecule has 0 saturated carbocycles. The molecule has 28 heavy (non-hydrogen) atoms. The zero-order valence-electron chi connectivity index (χ0n) is 15.3. The molecule has 3 aliphatic rings. The molecule has 1 aliphatic carbocycles. The van der Waals surface area contributed by atoms with Gasteiger partial charge < -0.3 is 24.7 Å². The highest BCUT2D eigenvalue weighted by Gasteiger charge is 2.48. The Hall–Kier alpha value is -3.29. The molecule has 0 spiro atoms. The SMILES string of the molecule is C=C/C=C(/C(=O)OC1c2cc3c(cc2C[C@H]2C(=O)OCC12)OCO3)C(N)=NC. The molecule has 0 aromatic heterocycles. The van der Waals surface area contributed by atoms with Crippen LogP contribution in [0.15, 0.2) is 41.4 Å². The number of carbonyl (C=O) groups excluding carboxylic acids is 2. The summed E-state index contributed by atoms with van der Waals surface area (Å²) >= 11 is 0. The second-order valence-corrected chi connectivity index (χ2v) is 6.76. The highest BCUT2D eigenvalue weighted by Crippen LogP contribution is 2.48. The number of aliphatic imine (C=N–C) groups is 1. The Morgan fingerprint density at radius 1 is 1.32 bits per heavy atom. The molecule has 2 aliphatic heterocycles. The van der Waals surface area contributed by atoms with Crippen molar-refractivity contribution in [2.45, 2.75) is 12.5 Å². The molecule has 146 valence electrons. The van der Waals surface area contributed by atoms with Crippen LogP contribution < -0.4 is 15.2 Å². The van der Waals surface area contributed by atoms with Gasteiger partial charge in [-0.15, -0.1) is 0 Å². The normalized spacial score (nSPS) is 25.6. The minimum absolute atomic E-state index is 0.0434. The number of carbonyl (C=O) groups is 2. The lowest BCUT2D eigenvalue weighted by atomic mass is 9.75. The molecular formula is C20H20N2O6. The van der Waals surface area contributed by atoms with Crippen LogP contribution >= 0.6 is 0 Å². The van der Waals surface area contributed by atoms with E-state index in [0.29, 0.717) is 17.9 Å². The molecule has 2 unspecified atom stereocenters. The molecule has 1 saturated heterocycles. The first-order chi connectivity index (χ1) is 13.5. The summed E-state index contributed by atoms with van der Waals surface area (Å²) in [5.74, 6) is -0.351. The summed E-state index contributed by atoms with van der Waals surface area (Å²) in [6.07, 6.45) is 2.70. The first kappa shape index (κ1) is 18.1. The van der Waals surface area contributed by atoms with E-state index in [1.807, 2.05) is 12.1 Å². The lowest BCUT2D eigenvalue weighted by Gasteiger charge is -2.33.